The van der Waals surface area contributed by atoms with Crippen molar-refractivity contribution in [1.29, 1.82) is 0 Å². The number of benzene rings is 2. The molecule has 154 valence electrons. The highest BCUT2D eigenvalue weighted by atomic mass is 127. The maximum atomic E-state index is 9.44. The number of ether oxygens (including phenoxy) is 2. The van der Waals surface area contributed by atoms with Gasteiger partial charge < -0.3 is 25.2 Å². The van der Waals surface area contributed by atoms with Crippen molar-refractivity contribution in [2.24, 2.45) is 4.99 Å². The molecule has 0 fully saturated rings. The Hall–Kier alpha value is -2.00. The first kappa shape index (κ1) is 24.0. The van der Waals surface area contributed by atoms with E-state index in [4.69, 9.17) is 9.47 Å². The fraction of sp³-hybridized carbons (Fsp3) is 0.381. The summed E-state index contributed by atoms with van der Waals surface area (Å²) < 4.78 is 11.1. The molecule has 0 heterocycles. The van der Waals surface area contributed by atoms with E-state index >= 15 is 0 Å². The van der Waals surface area contributed by atoms with Gasteiger partial charge in [-0.2, -0.15) is 0 Å². The first-order chi connectivity index (χ1) is 13.2. The van der Waals surface area contributed by atoms with Gasteiger partial charge in [-0.1, -0.05) is 30.3 Å². The molecule has 1 atom stereocenters. The summed E-state index contributed by atoms with van der Waals surface area (Å²) in [5.41, 5.74) is 1.91. The van der Waals surface area contributed by atoms with Crippen LogP contribution in [-0.2, 0) is 13.2 Å². The molecule has 2 aromatic rings. The Morgan fingerprint density at radius 3 is 2.46 bits per heavy atom. The molecule has 2 aromatic carbocycles. The van der Waals surface area contributed by atoms with E-state index in [2.05, 4.69) is 15.6 Å². The van der Waals surface area contributed by atoms with Crippen LogP contribution in [0, 0.1) is 0 Å². The molecule has 0 amide bonds. The van der Waals surface area contributed by atoms with Gasteiger partial charge in [0.1, 0.15) is 17.6 Å². The van der Waals surface area contributed by atoms with Gasteiger partial charge in [-0.25, -0.2) is 4.99 Å². The molecule has 0 aliphatic carbocycles. The highest BCUT2D eigenvalue weighted by Gasteiger charge is 2.07. The van der Waals surface area contributed by atoms with E-state index in [1.165, 1.54) is 0 Å². The van der Waals surface area contributed by atoms with Crippen LogP contribution >= 0.6 is 24.0 Å². The molecule has 0 aromatic heterocycles. The Labute approximate surface area is 184 Å². The van der Waals surface area contributed by atoms with Crippen molar-refractivity contribution in [1.82, 2.24) is 10.6 Å². The average molecular weight is 499 g/mol. The fourth-order valence-electron chi connectivity index (χ4n) is 2.56. The van der Waals surface area contributed by atoms with Crippen LogP contribution in [0.15, 0.2) is 53.5 Å². The number of nitrogens with zero attached hydrogens (tertiary/aromatic N) is 1. The lowest BCUT2D eigenvalue weighted by atomic mass is 10.1. The normalized spacial score (nSPS) is 11.9. The molecule has 0 bridgehead atoms. The second kappa shape index (κ2) is 13.2. The molecule has 6 nitrogen and oxygen atoms in total. The van der Waals surface area contributed by atoms with Crippen LogP contribution in [0.5, 0.6) is 11.5 Å². The largest absolute Gasteiger partial charge is 0.497 e. The van der Waals surface area contributed by atoms with Gasteiger partial charge in [-0.15, -0.1) is 24.0 Å². The van der Waals surface area contributed by atoms with Gasteiger partial charge in [0, 0.05) is 12.6 Å². The predicted molar refractivity (Wildman–Crippen MR) is 124 cm³/mol. The Balaban J connectivity index is 0.00000392. The van der Waals surface area contributed by atoms with Gasteiger partial charge in [0.25, 0.3) is 0 Å². The standard InChI is InChI=1S/C21H29N3O3.HI/c1-4-22-21(24-14-17-8-5-6-9-18(17)15-25)23-13-16(2)27-20-11-7-10-19(12-20)26-3;/h5-12,16,25H,4,13-15H2,1-3H3,(H2,22,23,24);1H. The number of nitrogens with one attached hydrogen (secondary N) is 2. The van der Waals surface area contributed by atoms with Gasteiger partial charge in [0.05, 0.1) is 26.8 Å². The van der Waals surface area contributed by atoms with E-state index in [-0.39, 0.29) is 36.7 Å². The zero-order chi connectivity index (χ0) is 19.5. The number of methoxy groups -OCH3 is 1. The Morgan fingerprint density at radius 1 is 1.07 bits per heavy atom. The summed E-state index contributed by atoms with van der Waals surface area (Å²) in [6, 6.07) is 15.3. The maximum Gasteiger partial charge on any atom is 0.191 e. The summed E-state index contributed by atoms with van der Waals surface area (Å²) in [4.78, 5) is 4.61. The highest BCUT2D eigenvalue weighted by molar-refractivity contribution is 14.0. The quantitative estimate of drug-likeness (QED) is 0.281. The number of aliphatic imine (C=N–C) groups is 1. The molecule has 0 radical (unpaired) electrons. The molecule has 2 rings (SSSR count). The number of halogens is 1. The summed E-state index contributed by atoms with van der Waals surface area (Å²) in [6.07, 6.45) is -0.0503. The molecular weight excluding hydrogens is 469 g/mol. The van der Waals surface area contributed by atoms with Crippen LogP contribution in [0.1, 0.15) is 25.0 Å². The van der Waals surface area contributed by atoms with Crippen molar-refractivity contribution < 1.29 is 14.6 Å². The summed E-state index contributed by atoms with van der Waals surface area (Å²) in [6.45, 7) is 5.90. The van der Waals surface area contributed by atoms with E-state index in [9.17, 15) is 5.11 Å². The maximum absolute atomic E-state index is 9.44. The number of guanidine groups is 1. The Kier molecular flexibility index (Phi) is 11.4. The average Bonchev–Trinajstić information content (AvgIpc) is 2.70. The van der Waals surface area contributed by atoms with Crippen LogP contribution in [0.4, 0.5) is 0 Å². The number of rotatable bonds is 9. The van der Waals surface area contributed by atoms with Crippen molar-refractivity contribution in [3.8, 4) is 11.5 Å². The van der Waals surface area contributed by atoms with E-state index in [1.807, 2.05) is 62.4 Å². The molecule has 1 unspecified atom stereocenters. The lowest BCUT2D eigenvalue weighted by molar-refractivity contribution is 0.223. The lowest BCUT2D eigenvalue weighted by Gasteiger charge is -2.18. The summed E-state index contributed by atoms with van der Waals surface area (Å²) in [5.74, 6) is 2.25. The van der Waals surface area contributed by atoms with Crippen LogP contribution in [0.2, 0.25) is 0 Å². The zero-order valence-corrected chi connectivity index (χ0v) is 19.0. The van der Waals surface area contributed by atoms with Crippen LogP contribution in [-0.4, -0.2) is 37.4 Å². The fourth-order valence-corrected chi connectivity index (χ4v) is 2.56. The van der Waals surface area contributed by atoms with Crippen molar-refractivity contribution in [2.45, 2.75) is 33.1 Å². The van der Waals surface area contributed by atoms with Crippen molar-refractivity contribution >= 4 is 29.9 Å². The van der Waals surface area contributed by atoms with Gasteiger partial charge in [-0.3, -0.25) is 0 Å². The summed E-state index contributed by atoms with van der Waals surface area (Å²) in [7, 11) is 1.64. The predicted octanol–water partition coefficient (Wildman–Crippen LogP) is 3.33. The molecule has 28 heavy (non-hydrogen) atoms. The van der Waals surface area contributed by atoms with Gasteiger partial charge in [-0.05, 0) is 37.1 Å². The Bertz CT molecular complexity index is 740. The van der Waals surface area contributed by atoms with E-state index < -0.39 is 0 Å². The van der Waals surface area contributed by atoms with Crippen molar-refractivity contribution in [3.05, 3.63) is 59.7 Å². The van der Waals surface area contributed by atoms with Crippen LogP contribution in [0.25, 0.3) is 0 Å². The number of aliphatic hydroxyl groups excluding tert-OH is 1. The summed E-state index contributed by atoms with van der Waals surface area (Å²) >= 11 is 0. The third-order valence-corrected chi connectivity index (χ3v) is 3.98. The van der Waals surface area contributed by atoms with E-state index in [0.717, 1.165) is 29.2 Å². The first-order valence-electron chi connectivity index (χ1n) is 9.16. The molecule has 3 N–H and O–H groups in total. The second-order valence-electron chi connectivity index (χ2n) is 6.11. The Morgan fingerprint density at radius 2 is 1.79 bits per heavy atom. The SMILES string of the molecule is CCNC(=NCc1ccccc1CO)NCC(C)Oc1cccc(OC)c1.I. The monoisotopic (exact) mass is 499 g/mol. The molecule has 0 saturated carbocycles. The van der Waals surface area contributed by atoms with Crippen molar-refractivity contribution in [2.75, 3.05) is 20.2 Å². The van der Waals surface area contributed by atoms with Gasteiger partial charge in [0.15, 0.2) is 5.96 Å². The summed E-state index contributed by atoms with van der Waals surface area (Å²) in [5, 5.41) is 16.0. The third-order valence-electron chi connectivity index (χ3n) is 3.98. The topological polar surface area (TPSA) is 75.1 Å². The molecule has 0 saturated heterocycles. The number of hydrogen-bond acceptors (Lipinski definition) is 4. The first-order valence-corrected chi connectivity index (χ1v) is 9.16. The molecule has 0 aliphatic heterocycles. The van der Waals surface area contributed by atoms with Gasteiger partial charge in [0.2, 0.25) is 0 Å². The number of aliphatic hydroxyl groups is 1. The second-order valence-corrected chi connectivity index (χ2v) is 6.11. The molecule has 0 aliphatic rings. The minimum Gasteiger partial charge on any atom is -0.497 e. The van der Waals surface area contributed by atoms with Gasteiger partial charge >= 0.3 is 0 Å². The molecular formula is C21H30IN3O3. The highest BCUT2D eigenvalue weighted by Crippen LogP contribution is 2.19. The third kappa shape index (κ3) is 7.93. The number of hydrogen-bond donors (Lipinski definition) is 3. The van der Waals surface area contributed by atoms with E-state index in [0.29, 0.717) is 19.0 Å². The molecule has 0 spiro atoms. The van der Waals surface area contributed by atoms with E-state index in [1.54, 1.807) is 7.11 Å². The minimum absolute atomic E-state index is 0. The molecule has 7 heteroatoms. The van der Waals surface area contributed by atoms with Crippen LogP contribution < -0.4 is 20.1 Å². The lowest BCUT2D eigenvalue weighted by Crippen LogP contribution is -2.41. The smallest absolute Gasteiger partial charge is 0.191 e. The minimum atomic E-state index is -0.0503. The zero-order valence-electron chi connectivity index (χ0n) is 16.6. The van der Waals surface area contributed by atoms with Crippen LogP contribution in [0.3, 0.4) is 0 Å². The van der Waals surface area contributed by atoms with Crippen molar-refractivity contribution in [3.63, 3.8) is 0 Å².